The Morgan fingerprint density at radius 2 is 1.39 bits per heavy atom. The fraction of sp³-hybridized carbons (Fsp3) is 0.815. The van der Waals surface area contributed by atoms with Crippen molar-refractivity contribution in [3.63, 3.8) is 0 Å². The molecule has 38 heavy (non-hydrogen) atoms. The van der Waals surface area contributed by atoms with Crippen molar-refractivity contribution in [2.45, 2.75) is 128 Å². The summed E-state index contributed by atoms with van der Waals surface area (Å²) < 4.78 is 38.3. The van der Waals surface area contributed by atoms with Gasteiger partial charge in [0.1, 0.15) is 12.6 Å². The number of carboxylic acid groups (broad SMARTS) is 1. The highest BCUT2D eigenvalue weighted by atomic mass is 32.2. The number of carbonyl (C=O) groups is 3. The minimum atomic E-state index is -5.19. The molecule has 0 radical (unpaired) electrons. The van der Waals surface area contributed by atoms with Crippen LogP contribution in [-0.4, -0.2) is 58.6 Å². The smallest absolute Gasteiger partial charge is 0.471 e. The molecular formula is C27H47F3N2O5S. The molecule has 222 valence electrons. The van der Waals surface area contributed by atoms with Gasteiger partial charge in [-0.2, -0.15) is 13.2 Å². The van der Waals surface area contributed by atoms with Gasteiger partial charge in [-0.05, 0) is 19.3 Å². The molecule has 0 unspecified atom stereocenters. The van der Waals surface area contributed by atoms with Crippen LogP contribution >= 0.6 is 11.8 Å². The van der Waals surface area contributed by atoms with E-state index in [0.717, 1.165) is 43.9 Å². The number of carbonyl (C=O) groups excluding carboxylic acids is 2. The molecule has 0 bridgehead atoms. The van der Waals surface area contributed by atoms with E-state index >= 15 is 0 Å². The van der Waals surface area contributed by atoms with Gasteiger partial charge in [0, 0.05) is 10.7 Å². The van der Waals surface area contributed by atoms with Crippen LogP contribution in [0.15, 0.2) is 11.0 Å². The number of aliphatic carboxylic acids is 1. The van der Waals surface area contributed by atoms with Gasteiger partial charge >= 0.3 is 18.1 Å². The number of amides is 2. The first-order valence-corrected chi connectivity index (χ1v) is 14.9. The highest BCUT2D eigenvalue weighted by Crippen LogP contribution is 2.26. The highest BCUT2D eigenvalue weighted by molar-refractivity contribution is 8.03. The first-order chi connectivity index (χ1) is 18.0. The van der Waals surface area contributed by atoms with Crippen LogP contribution in [0.3, 0.4) is 0 Å². The van der Waals surface area contributed by atoms with Crippen LogP contribution in [0.5, 0.6) is 0 Å². The molecule has 4 N–H and O–H groups in total. The largest absolute Gasteiger partial charge is 0.480 e. The Bertz CT molecular complexity index is 705. The third-order valence-electron chi connectivity index (χ3n) is 6.02. The number of alkyl halides is 3. The molecule has 11 heteroatoms. The Balaban J connectivity index is 4.87. The minimum Gasteiger partial charge on any atom is -0.480 e. The molecule has 0 aliphatic heterocycles. The molecule has 0 spiro atoms. The van der Waals surface area contributed by atoms with Crippen LogP contribution in [-0.2, 0) is 14.4 Å². The van der Waals surface area contributed by atoms with Gasteiger partial charge in [-0.25, -0.2) is 0 Å². The molecule has 0 rings (SSSR count). The van der Waals surface area contributed by atoms with E-state index in [1.165, 1.54) is 51.4 Å². The van der Waals surface area contributed by atoms with Crippen molar-refractivity contribution < 1.29 is 37.8 Å². The first-order valence-electron chi connectivity index (χ1n) is 13.9. The fourth-order valence-corrected chi connectivity index (χ4v) is 4.91. The summed E-state index contributed by atoms with van der Waals surface area (Å²) >= 11 is 1.01. The summed E-state index contributed by atoms with van der Waals surface area (Å²) in [7, 11) is 0. The van der Waals surface area contributed by atoms with Crippen LogP contribution < -0.4 is 10.6 Å². The van der Waals surface area contributed by atoms with Gasteiger partial charge < -0.3 is 20.8 Å². The number of hydrogen-bond donors (Lipinski definition) is 4. The standard InChI is InChI=1S/C27H47F3N2O5S/c1-3-5-7-8-9-10-11-12-13-14-15-16-18-23(22(33)17-6-4-2)38-20-21(25(36)31-19-24(34)35)32-26(37)27(28,29)30/h18,21-22,33H,3-17,19-20H2,1-2H3,(H,31,36)(H,32,37)(H,34,35)/t21-,22-/m0/s1. The van der Waals surface area contributed by atoms with Gasteiger partial charge in [0.25, 0.3) is 0 Å². The average Bonchev–Trinajstić information content (AvgIpc) is 2.86. The number of hydrogen-bond acceptors (Lipinski definition) is 5. The SMILES string of the molecule is CCCCCCCCCCCCCC=C(SC[C@H](NC(=O)C(F)(F)F)C(=O)NCC(=O)O)[C@@H](O)CCCC. The summed E-state index contributed by atoms with van der Waals surface area (Å²) in [5.74, 6) is -4.97. The molecule has 0 aromatic carbocycles. The van der Waals surface area contributed by atoms with Crippen LogP contribution in [0.2, 0.25) is 0 Å². The predicted molar refractivity (Wildman–Crippen MR) is 146 cm³/mol. The molecule has 0 heterocycles. The number of rotatable bonds is 23. The zero-order valence-corrected chi connectivity index (χ0v) is 23.7. The molecular weight excluding hydrogens is 521 g/mol. The molecule has 0 aromatic heterocycles. The number of allylic oxidation sites excluding steroid dienone is 1. The maximum Gasteiger partial charge on any atom is 0.471 e. The Hall–Kier alpha value is -1.75. The zero-order chi connectivity index (χ0) is 28.8. The van der Waals surface area contributed by atoms with E-state index in [2.05, 4.69) is 6.92 Å². The topological polar surface area (TPSA) is 116 Å². The number of unbranched alkanes of at least 4 members (excludes halogenated alkanes) is 12. The zero-order valence-electron chi connectivity index (χ0n) is 22.9. The molecule has 2 amide bonds. The number of nitrogens with one attached hydrogen (secondary N) is 2. The van der Waals surface area contributed by atoms with Gasteiger partial charge in [0.05, 0.1) is 6.10 Å². The quantitative estimate of drug-likeness (QED) is 0.111. The Morgan fingerprint density at radius 1 is 0.868 bits per heavy atom. The van der Waals surface area contributed by atoms with E-state index in [0.29, 0.717) is 17.7 Å². The van der Waals surface area contributed by atoms with E-state index in [1.54, 1.807) is 5.32 Å². The van der Waals surface area contributed by atoms with Gasteiger partial charge in [-0.1, -0.05) is 97.0 Å². The van der Waals surface area contributed by atoms with E-state index in [-0.39, 0.29) is 5.75 Å². The number of aliphatic hydroxyl groups excluding tert-OH is 1. The Kier molecular flexibility index (Phi) is 21.1. The Morgan fingerprint density at radius 3 is 1.89 bits per heavy atom. The van der Waals surface area contributed by atoms with Gasteiger partial charge in [-0.3, -0.25) is 14.4 Å². The number of carboxylic acids is 1. The predicted octanol–water partition coefficient (Wildman–Crippen LogP) is 6.10. The maximum atomic E-state index is 12.8. The van der Waals surface area contributed by atoms with E-state index in [4.69, 9.17) is 5.11 Å². The summed E-state index contributed by atoms with van der Waals surface area (Å²) in [6.45, 7) is 3.40. The molecule has 2 atom stereocenters. The van der Waals surface area contributed by atoms with Gasteiger partial charge in [0.2, 0.25) is 5.91 Å². The van der Waals surface area contributed by atoms with E-state index in [1.807, 2.05) is 18.3 Å². The monoisotopic (exact) mass is 568 g/mol. The summed E-state index contributed by atoms with van der Waals surface area (Å²) in [5.41, 5.74) is 0. The molecule has 0 saturated heterocycles. The lowest BCUT2D eigenvalue weighted by atomic mass is 10.0. The van der Waals surface area contributed by atoms with Crippen LogP contribution in [0, 0.1) is 0 Å². The lowest BCUT2D eigenvalue weighted by molar-refractivity contribution is -0.174. The van der Waals surface area contributed by atoms with Crippen molar-refractivity contribution in [3.05, 3.63) is 11.0 Å². The number of aliphatic hydroxyl groups is 1. The summed E-state index contributed by atoms with van der Waals surface area (Å²) in [6.07, 6.45) is 11.8. The van der Waals surface area contributed by atoms with Crippen molar-refractivity contribution in [2.24, 2.45) is 0 Å². The second-order valence-electron chi connectivity index (χ2n) is 9.54. The van der Waals surface area contributed by atoms with Crippen molar-refractivity contribution in [1.29, 1.82) is 0 Å². The number of thioether (sulfide) groups is 1. The lowest BCUT2D eigenvalue weighted by Gasteiger charge is -2.21. The molecule has 0 saturated carbocycles. The van der Waals surface area contributed by atoms with Crippen molar-refractivity contribution in [3.8, 4) is 0 Å². The van der Waals surface area contributed by atoms with E-state index in [9.17, 15) is 32.7 Å². The normalized spacial score (nSPS) is 13.7. The molecule has 0 fully saturated rings. The number of halogens is 3. The summed E-state index contributed by atoms with van der Waals surface area (Å²) in [5, 5.41) is 23.0. The summed E-state index contributed by atoms with van der Waals surface area (Å²) in [4.78, 5) is 35.0. The third-order valence-corrected chi connectivity index (χ3v) is 7.29. The van der Waals surface area contributed by atoms with Crippen LogP contribution in [0.1, 0.15) is 110 Å². The molecule has 7 nitrogen and oxygen atoms in total. The van der Waals surface area contributed by atoms with Crippen molar-refractivity contribution >= 4 is 29.5 Å². The Labute approximate surface area is 229 Å². The van der Waals surface area contributed by atoms with Crippen molar-refractivity contribution in [1.82, 2.24) is 10.6 Å². The fourth-order valence-electron chi connectivity index (χ4n) is 3.77. The second-order valence-corrected chi connectivity index (χ2v) is 10.6. The molecule has 0 aliphatic carbocycles. The molecule has 0 aliphatic rings. The van der Waals surface area contributed by atoms with Crippen LogP contribution in [0.25, 0.3) is 0 Å². The average molecular weight is 569 g/mol. The van der Waals surface area contributed by atoms with E-state index < -0.39 is 42.7 Å². The minimum absolute atomic E-state index is 0.277. The van der Waals surface area contributed by atoms with Gasteiger partial charge in [-0.15, -0.1) is 11.8 Å². The maximum absolute atomic E-state index is 12.8. The van der Waals surface area contributed by atoms with Gasteiger partial charge in [0.15, 0.2) is 0 Å². The highest BCUT2D eigenvalue weighted by Gasteiger charge is 2.41. The first kappa shape index (κ1) is 36.2. The third kappa shape index (κ3) is 19.3. The summed E-state index contributed by atoms with van der Waals surface area (Å²) in [6, 6.07) is -1.61. The second kappa shape index (κ2) is 22.1. The van der Waals surface area contributed by atoms with Crippen LogP contribution in [0.4, 0.5) is 13.2 Å². The van der Waals surface area contributed by atoms with Crippen molar-refractivity contribution in [2.75, 3.05) is 12.3 Å². The lowest BCUT2D eigenvalue weighted by Crippen LogP contribution is -2.52. The molecule has 0 aromatic rings.